The van der Waals surface area contributed by atoms with Crippen molar-refractivity contribution in [3.63, 3.8) is 0 Å². The lowest BCUT2D eigenvalue weighted by Crippen LogP contribution is -2.52. The minimum absolute atomic E-state index is 0.328. The average molecular weight is 279 g/mol. The zero-order valence-corrected chi connectivity index (χ0v) is 12.0. The molecule has 1 aliphatic rings. The van der Waals surface area contributed by atoms with Gasteiger partial charge in [0.2, 0.25) is 0 Å². The number of methoxy groups -OCH3 is 1. The summed E-state index contributed by atoms with van der Waals surface area (Å²) in [6.45, 7) is 5.33. The van der Waals surface area contributed by atoms with Crippen LogP contribution in [-0.4, -0.2) is 55.0 Å². The summed E-state index contributed by atoms with van der Waals surface area (Å²) in [5, 5.41) is 9.22. The van der Waals surface area contributed by atoms with E-state index in [0.717, 1.165) is 18.7 Å². The fourth-order valence-electron chi connectivity index (χ4n) is 2.65. The van der Waals surface area contributed by atoms with Crippen LogP contribution >= 0.6 is 0 Å². The summed E-state index contributed by atoms with van der Waals surface area (Å²) in [5.74, 6) is -0.881. The van der Waals surface area contributed by atoms with Crippen LogP contribution in [-0.2, 0) is 16.0 Å². The lowest BCUT2D eigenvalue weighted by Gasteiger charge is -2.40. The number of rotatable bonds is 5. The molecule has 1 fully saturated rings. The van der Waals surface area contributed by atoms with Crippen LogP contribution in [0, 0.1) is 0 Å². The van der Waals surface area contributed by atoms with Crippen molar-refractivity contribution in [2.24, 2.45) is 0 Å². The SMILES string of the molecule is COCC1(C)CN(Cc2ccccc2C(=O)O)CCO1. The van der Waals surface area contributed by atoms with E-state index < -0.39 is 5.97 Å². The smallest absolute Gasteiger partial charge is 0.336 e. The van der Waals surface area contributed by atoms with E-state index in [-0.39, 0.29) is 5.60 Å². The van der Waals surface area contributed by atoms with Gasteiger partial charge in [-0.3, -0.25) is 4.90 Å². The first kappa shape index (κ1) is 15.0. The molecule has 1 aromatic rings. The van der Waals surface area contributed by atoms with Crippen molar-refractivity contribution in [1.82, 2.24) is 4.90 Å². The first-order chi connectivity index (χ1) is 9.54. The lowest BCUT2D eigenvalue weighted by molar-refractivity contribution is -0.129. The maximum absolute atomic E-state index is 11.2. The van der Waals surface area contributed by atoms with Crippen LogP contribution in [0.5, 0.6) is 0 Å². The van der Waals surface area contributed by atoms with E-state index in [4.69, 9.17) is 9.47 Å². The zero-order chi connectivity index (χ0) is 14.6. The summed E-state index contributed by atoms with van der Waals surface area (Å²) in [6.07, 6.45) is 0. The Morgan fingerprint density at radius 3 is 2.95 bits per heavy atom. The second kappa shape index (κ2) is 6.35. The Morgan fingerprint density at radius 2 is 2.25 bits per heavy atom. The van der Waals surface area contributed by atoms with E-state index in [0.29, 0.717) is 25.3 Å². The molecular formula is C15H21NO4. The Kier molecular flexibility index (Phi) is 4.75. The summed E-state index contributed by atoms with van der Waals surface area (Å²) in [7, 11) is 1.66. The molecule has 0 spiro atoms. The highest BCUT2D eigenvalue weighted by Crippen LogP contribution is 2.21. The predicted molar refractivity (Wildman–Crippen MR) is 74.9 cm³/mol. The fraction of sp³-hybridized carbons (Fsp3) is 0.533. The molecule has 1 saturated heterocycles. The molecule has 1 unspecified atom stereocenters. The Balaban J connectivity index is 2.08. The molecule has 0 aliphatic carbocycles. The van der Waals surface area contributed by atoms with Crippen molar-refractivity contribution in [2.75, 3.05) is 33.4 Å². The van der Waals surface area contributed by atoms with Crippen molar-refractivity contribution >= 4 is 5.97 Å². The highest BCUT2D eigenvalue weighted by atomic mass is 16.5. The van der Waals surface area contributed by atoms with Gasteiger partial charge in [0.25, 0.3) is 0 Å². The molecule has 1 aliphatic heterocycles. The molecule has 1 atom stereocenters. The molecule has 2 rings (SSSR count). The van der Waals surface area contributed by atoms with E-state index in [1.54, 1.807) is 19.2 Å². The standard InChI is InChI=1S/C15H21NO4/c1-15(11-19-2)10-16(7-8-20-15)9-12-5-3-4-6-13(12)14(17)18/h3-6H,7-11H2,1-2H3,(H,17,18). The topological polar surface area (TPSA) is 59.0 Å². The van der Waals surface area contributed by atoms with Gasteiger partial charge in [0.1, 0.15) is 5.60 Å². The van der Waals surface area contributed by atoms with Gasteiger partial charge >= 0.3 is 5.97 Å². The molecule has 0 saturated carbocycles. The lowest BCUT2D eigenvalue weighted by atomic mass is 10.0. The maximum atomic E-state index is 11.2. The van der Waals surface area contributed by atoms with Gasteiger partial charge in [-0.1, -0.05) is 18.2 Å². The predicted octanol–water partition coefficient (Wildman–Crippen LogP) is 1.62. The fourth-order valence-corrected chi connectivity index (χ4v) is 2.65. The van der Waals surface area contributed by atoms with Crippen LogP contribution < -0.4 is 0 Å². The number of aromatic carboxylic acids is 1. The van der Waals surface area contributed by atoms with Crippen molar-refractivity contribution < 1.29 is 19.4 Å². The Morgan fingerprint density at radius 1 is 1.50 bits per heavy atom. The summed E-state index contributed by atoms with van der Waals surface area (Å²) in [4.78, 5) is 13.4. The number of benzene rings is 1. The number of carbonyl (C=O) groups is 1. The van der Waals surface area contributed by atoms with E-state index in [9.17, 15) is 9.90 Å². The van der Waals surface area contributed by atoms with Gasteiger partial charge in [0.05, 0.1) is 18.8 Å². The van der Waals surface area contributed by atoms with Gasteiger partial charge in [0, 0.05) is 26.7 Å². The van der Waals surface area contributed by atoms with Gasteiger partial charge in [-0.2, -0.15) is 0 Å². The molecule has 1 N–H and O–H groups in total. The van der Waals surface area contributed by atoms with Crippen molar-refractivity contribution in [3.8, 4) is 0 Å². The molecule has 1 heterocycles. The number of carboxylic acids is 1. The molecule has 0 bridgehead atoms. The quantitative estimate of drug-likeness (QED) is 0.887. The largest absolute Gasteiger partial charge is 0.478 e. The summed E-state index contributed by atoms with van der Waals surface area (Å²) in [5.41, 5.74) is 0.875. The second-order valence-corrected chi connectivity index (χ2v) is 5.40. The van der Waals surface area contributed by atoms with E-state index in [2.05, 4.69) is 4.90 Å². The maximum Gasteiger partial charge on any atom is 0.336 e. The molecular weight excluding hydrogens is 258 g/mol. The Bertz CT molecular complexity index is 473. The number of hydrogen-bond acceptors (Lipinski definition) is 4. The van der Waals surface area contributed by atoms with Gasteiger partial charge in [-0.05, 0) is 18.6 Å². The van der Waals surface area contributed by atoms with Crippen molar-refractivity contribution in [2.45, 2.75) is 19.1 Å². The van der Waals surface area contributed by atoms with Crippen molar-refractivity contribution in [1.29, 1.82) is 0 Å². The van der Waals surface area contributed by atoms with E-state index in [1.165, 1.54) is 0 Å². The number of carboxylic acid groups (broad SMARTS) is 1. The zero-order valence-electron chi connectivity index (χ0n) is 12.0. The van der Waals surface area contributed by atoms with Crippen LogP contribution in [0.1, 0.15) is 22.8 Å². The summed E-state index contributed by atoms with van der Waals surface area (Å²) in [6, 6.07) is 7.14. The van der Waals surface area contributed by atoms with Gasteiger partial charge < -0.3 is 14.6 Å². The van der Waals surface area contributed by atoms with Crippen molar-refractivity contribution in [3.05, 3.63) is 35.4 Å². The number of hydrogen-bond donors (Lipinski definition) is 1. The van der Waals surface area contributed by atoms with Crippen LogP contribution in [0.3, 0.4) is 0 Å². The van der Waals surface area contributed by atoms with Gasteiger partial charge in [-0.15, -0.1) is 0 Å². The molecule has 5 heteroatoms. The van der Waals surface area contributed by atoms with Gasteiger partial charge in [0.15, 0.2) is 0 Å². The van der Waals surface area contributed by atoms with Gasteiger partial charge in [-0.25, -0.2) is 4.79 Å². The normalized spacial score (nSPS) is 23.7. The van der Waals surface area contributed by atoms with Crippen LogP contribution in [0.15, 0.2) is 24.3 Å². The second-order valence-electron chi connectivity index (χ2n) is 5.40. The summed E-state index contributed by atoms with van der Waals surface area (Å²) < 4.78 is 11.0. The molecule has 110 valence electrons. The monoisotopic (exact) mass is 279 g/mol. The third-order valence-corrected chi connectivity index (χ3v) is 3.51. The first-order valence-corrected chi connectivity index (χ1v) is 6.70. The average Bonchev–Trinajstić information content (AvgIpc) is 2.39. The van der Waals surface area contributed by atoms with Crippen LogP contribution in [0.25, 0.3) is 0 Å². The minimum atomic E-state index is -0.881. The highest BCUT2D eigenvalue weighted by molar-refractivity contribution is 5.89. The molecule has 0 radical (unpaired) electrons. The molecule has 20 heavy (non-hydrogen) atoms. The molecule has 5 nitrogen and oxygen atoms in total. The highest BCUT2D eigenvalue weighted by Gasteiger charge is 2.32. The minimum Gasteiger partial charge on any atom is -0.478 e. The Hall–Kier alpha value is -1.43. The van der Waals surface area contributed by atoms with E-state index >= 15 is 0 Å². The third kappa shape index (κ3) is 3.56. The van der Waals surface area contributed by atoms with E-state index in [1.807, 2.05) is 19.1 Å². The number of nitrogens with zero attached hydrogens (tertiary/aromatic N) is 1. The molecule has 0 aromatic heterocycles. The third-order valence-electron chi connectivity index (χ3n) is 3.51. The Labute approximate surface area is 119 Å². The van der Waals surface area contributed by atoms with Crippen LogP contribution in [0.4, 0.5) is 0 Å². The first-order valence-electron chi connectivity index (χ1n) is 6.70. The number of morpholine rings is 1. The molecule has 1 aromatic carbocycles. The number of ether oxygens (including phenoxy) is 2. The summed E-state index contributed by atoms with van der Waals surface area (Å²) >= 11 is 0. The van der Waals surface area contributed by atoms with Crippen LogP contribution in [0.2, 0.25) is 0 Å². The molecule has 0 amide bonds.